The van der Waals surface area contributed by atoms with Gasteiger partial charge in [-0.15, -0.1) is 0 Å². The zero-order chi connectivity index (χ0) is 10.6. The Morgan fingerprint density at radius 3 is 2.71 bits per heavy atom. The molecule has 0 aliphatic carbocycles. The molecule has 1 fully saturated rings. The minimum absolute atomic E-state index is 0.289. The lowest BCUT2D eigenvalue weighted by molar-refractivity contribution is 0.0111. The van der Waals surface area contributed by atoms with Gasteiger partial charge in [-0.2, -0.15) is 0 Å². The third-order valence-corrected chi connectivity index (χ3v) is 3.77. The normalized spacial score (nSPS) is 27.9. The molecular formula is C12H25NO. The molecule has 0 aromatic heterocycles. The van der Waals surface area contributed by atoms with E-state index in [1.165, 1.54) is 32.4 Å². The van der Waals surface area contributed by atoms with Crippen LogP contribution in [0.5, 0.6) is 0 Å². The average Bonchev–Trinajstić information content (AvgIpc) is 2.13. The molecule has 0 aromatic rings. The van der Waals surface area contributed by atoms with E-state index in [9.17, 15) is 0 Å². The molecule has 1 rings (SSSR count). The van der Waals surface area contributed by atoms with E-state index in [1.54, 1.807) is 0 Å². The number of hydrogen-bond acceptors (Lipinski definition) is 2. The first-order chi connectivity index (χ1) is 6.62. The molecule has 1 saturated heterocycles. The molecule has 0 bridgehead atoms. The van der Waals surface area contributed by atoms with Crippen LogP contribution in [0.15, 0.2) is 0 Å². The lowest BCUT2D eigenvalue weighted by Gasteiger charge is -2.48. The molecule has 1 atom stereocenters. The van der Waals surface area contributed by atoms with Gasteiger partial charge in [0.2, 0.25) is 0 Å². The molecule has 0 aromatic carbocycles. The second-order valence-corrected chi connectivity index (χ2v) is 4.99. The SMILES string of the molecule is CCCN1CCCC(CCO)C1(C)C. The molecule has 0 radical (unpaired) electrons. The van der Waals surface area contributed by atoms with E-state index in [1.807, 2.05) is 0 Å². The number of likely N-dealkylation sites (tertiary alicyclic amines) is 1. The molecule has 1 N–H and O–H groups in total. The van der Waals surface area contributed by atoms with Gasteiger partial charge in [0.15, 0.2) is 0 Å². The Balaban J connectivity index is 2.60. The summed E-state index contributed by atoms with van der Waals surface area (Å²) in [4.78, 5) is 2.59. The van der Waals surface area contributed by atoms with Crippen LogP contribution in [0.3, 0.4) is 0 Å². The number of aliphatic hydroxyl groups excluding tert-OH is 1. The third-order valence-electron chi connectivity index (χ3n) is 3.77. The van der Waals surface area contributed by atoms with Crippen LogP contribution < -0.4 is 0 Å². The van der Waals surface area contributed by atoms with E-state index >= 15 is 0 Å². The van der Waals surface area contributed by atoms with Crippen LogP contribution in [0.2, 0.25) is 0 Å². The minimum Gasteiger partial charge on any atom is -0.396 e. The Hall–Kier alpha value is -0.0800. The number of rotatable bonds is 4. The molecular weight excluding hydrogens is 174 g/mol. The van der Waals surface area contributed by atoms with Crippen LogP contribution in [-0.2, 0) is 0 Å². The van der Waals surface area contributed by atoms with Gasteiger partial charge < -0.3 is 5.11 Å². The predicted molar refractivity (Wildman–Crippen MR) is 60.4 cm³/mol. The molecule has 2 heteroatoms. The van der Waals surface area contributed by atoms with Crippen molar-refractivity contribution in [3.8, 4) is 0 Å². The Morgan fingerprint density at radius 2 is 2.14 bits per heavy atom. The second-order valence-electron chi connectivity index (χ2n) is 4.99. The molecule has 0 spiro atoms. The first kappa shape index (κ1) is 12.0. The molecule has 1 aliphatic heterocycles. The molecule has 1 heterocycles. The summed E-state index contributed by atoms with van der Waals surface area (Å²) in [6, 6.07) is 0. The van der Waals surface area contributed by atoms with Crippen molar-refractivity contribution in [1.82, 2.24) is 4.90 Å². The summed E-state index contributed by atoms with van der Waals surface area (Å²) in [6.07, 6.45) is 4.78. The number of hydrogen-bond donors (Lipinski definition) is 1. The van der Waals surface area contributed by atoms with Gasteiger partial charge in [-0.05, 0) is 58.5 Å². The molecule has 0 saturated carbocycles. The van der Waals surface area contributed by atoms with Gasteiger partial charge in [0.1, 0.15) is 0 Å². The van der Waals surface area contributed by atoms with Gasteiger partial charge in [0.25, 0.3) is 0 Å². The largest absolute Gasteiger partial charge is 0.396 e. The van der Waals surface area contributed by atoms with Crippen molar-refractivity contribution >= 4 is 0 Å². The Kier molecular flexibility index (Phi) is 4.39. The van der Waals surface area contributed by atoms with E-state index < -0.39 is 0 Å². The molecule has 2 nitrogen and oxygen atoms in total. The van der Waals surface area contributed by atoms with E-state index in [-0.39, 0.29) is 5.54 Å². The lowest BCUT2D eigenvalue weighted by atomic mass is 9.77. The van der Waals surface area contributed by atoms with Gasteiger partial charge in [-0.1, -0.05) is 6.92 Å². The topological polar surface area (TPSA) is 23.5 Å². The van der Waals surface area contributed by atoms with Crippen molar-refractivity contribution in [2.45, 2.75) is 52.0 Å². The summed E-state index contributed by atoms with van der Waals surface area (Å²) >= 11 is 0. The lowest BCUT2D eigenvalue weighted by Crippen LogP contribution is -2.53. The van der Waals surface area contributed by atoms with Crippen molar-refractivity contribution in [3.05, 3.63) is 0 Å². The first-order valence-corrected chi connectivity index (χ1v) is 5.98. The zero-order valence-corrected chi connectivity index (χ0v) is 9.92. The van der Waals surface area contributed by atoms with Crippen LogP contribution in [0.25, 0.3) is 0 Å². The highest BCUT2D eigenvalue weighted by Gasteiger charge is 2.37. The quantitative estimate of drug-likeness (QED) is 0.751. The van der Waals surface area contributed by atoms with E-state index in [0.29, 0.717) is 12.5 Å². The van der Waals surface area contributed by atoms with Crippen molar-refractivity contribution < 1.29 is 5.11 Å². The van der Waals surface area contributed by atoms with Crippen molar-refractivity contribution in [1.29, 1.82) is 0 Å². The second kappa shape index (κ2) is 5.13. The van der Waals surface area contributed by atoms with Gasteiger partial charge in [-0.3, -0.25) is 4.90 Å². The van der Waals surface area contributed by atoms with Gasteiger partial charge in [0.05, 0.1) is 0 Å². The Bertz CT molecular complexity index is 148. The Labute approximate surface area is 88.3 Å². The van der Waals surface area contributed by atoms with E-state index in [4.69, 9.17) is 5.11 Å². The third kappa shape index (κ3) is 2.48. The smallest absolute Gasteiger partial charge is 0.0434 e. The van der Waals surface area contributed by atoms with Gasteiger partial charge >= 0.3 is 0 Å². The van der Waals surface area contributed by atoms with Crippen LogP contribution in [0, 0.1) is 5.92 Å². The van der Waals surface area contributed by atoms with Crippen molar-refractivity contribution in [3.63, 3.8) is 0 Å². The fourth-order valence-electron chi connectivity index (χ4n) is 2.75. The minimum atomic E-state index is 0.289. The highest BCUT2D eigenvalue weighted by Crippen LogP contribution is 2.35. The summed E-state index contributed by atoms with van der Waals surface area (Å²) in [7, 11) is 0. The fraction of sp³-hybridized carbons (Fsp3) is 1.00. The predicted octanol–water partition coefficient (Wildman–Crippen LogP) is 2.27. The van der Waals surface area contributed by atoms with Crippen LogP contribution >= 0.6 is 0 Å². The molecule has 0 amide bonds. The summed E-state index contributed by atoms with van der Waals surface area (Å²) in [5.41, 5.74) is 0.289. The van der Waals surface area contributed by atoms with Crippen molar-refractivity contribution in [2.24, 2.45) is 5.92 Å². The maximum atomic E-state index is 9.05. The van der Waals surface area contributed by atoms with Crippen LogP contribution in [0.1, 0.15) is 46.5 Å². The zero-order valence-electron chi connectivity index (χ0n) is 9.92. The van der Waals surface area contributed by atoms with E-state index in [0.717, 1.165) is 6.42 Å². The van der Waals surface area contributed by atoms with Crippen molar-refractivity contribution in [2.75, 3.05) is 19.7 Å². The summed E-state index contributed by atoms with van der Waals surface area (Å²) < 4.78 is 0. The number of piperidine rings is 1. The van der Waals surface area contributed by atoms with Crippen LogP contribution in [-0.4, -0.2) is 35.2 Å². The summed E-state index contributed by atoms with van der Waals surface area (Å²) in [5.74, 6) is 0.674. The maximum Gasteiger partial charge on any atom is 0.0434 e. The van der Waals surface area contributed by atoms with Gasteiger partial charge in [-0.25, -0.2) is 0 Å². The first-order valence-electron chi connectivity index (χ1n) is 5.98. The molecule has 14 heavy (non-hydrogen) atoms. The monoisotopic (exact) mass is 199 g/mol. The molecule has 1 aliphatic rings. The molecule has 84 valence electrons. The maximum absolute atomic E-state index is 9.05. The van der Waals surface area contributed by atoms with Gasteiger partial charge in [0, 0.05) is 12.1 Å². The number of nitrogens with zero attached hydrogens (tertiary/aromatic N) is 1. The number of aliphatic hydroxyl groups is 1. The Morgan fingerprint density at radius 1 is 1.43 bits per heavy atom. The van der Waals surface area contributed by atoms with Crippen LogP contribution in [0.4, 0.5) is 0 Å². The fourth-order valence-corrected chi connectivity index (χ4v) is 2.75. The van der Waals surface area contributed by atoms with E-state index in [2.05, 4.69) is 25.7 Å². The standard InChI is InChI=1S/C12H25NO/c1-4-8-13-9-5-6-11(7-10-14)12(13,2)3/h11,14H,4-10H2,1-3H3. The summed E-state index contributed by atoms with van der Waals surface area (Å²) in [5, 5.41) is 9.05. The highest BCUT2D eigenvalue weighted by molar-refractivity contribution is 4.92. The average molecular weight is 199 g/mol. The highest BCUT2D eigenvalue weighted by atomic mass is 16.3. The summed E-state index contributed by atoms with van der Waals surface area (Å²) in [6.45, 7) is 9.70. The molecule has 1 unspecified atom stereocenters.